The van der Waals surface area contributed by atoms with Gasteiger partial charge in [0, 0.05) is 25.4 Å². The minimum absolute atomic E-state index is 0.123. The second-order valence-electron chi connectivity index (χ2n) is 4.90. The van der Waals surface area contributed by atoms with E-state index in [9.17, 15) is 19.2 Å². The molecule has 2 N–H and O–H groups in total. The molecule has 1 heterocycles. The van der Waals surface area contributed by atoms with Crippen LogP contribution in [-0.2, 0) is 9.47 Å². The van der Waals surface area contributed by atoms with Crippen LogP contribution in [-0.4, -0.2) is 68.4 Å². The molecule has 0 atom stereocenters. The van der Waals surface area contributed by atoms with E-state index in [-0.39, 0.29) is 35.1 Å². The molecule has 0 aromatic carbocycles. The van der Waals surface area contributed by atoms with Gasteiger partial charge >= 0.3 is 6.09 Å². The van der Waals surface area contributed by atoms with Crippen LogP contribution in [0.1, 0.15) is 31.4 Å². The molecular formula is C15H17N3O7S. The van der Waals surface area contributed by atoms with E-state index in [0.29, 0.717) is 12.4 Å². The molecule has 0 radical (unpaired) electrons. The van der Waals surface area contributed by atoms with Crippen molar-refractivity contribution in [1.29, 1.82) is 0 Å². The number of hydrogen-bond donors (Lipinski definition) is 2. The van der Waals surface area contributed by atoms with Crippen molar-refractivity contribution in [2.75, 3.05) is 39.7 Å². The van der Waals surface area contributed by atoms with Crippen LogP contribution in [0.15, 0.2) is 15.5 Å². The summed E-state index contributed by atoms with van der Waals surface area (Å²) < 4.78 is 14.5. The molecule has 0 spiro atoms. The topological polar surface area (TPSA) is 137 Å². The number of ether oxygens (including phenoxy) is 2. The first kappa shape index (κ1) is 19.7. The number of thioether (sulfide) groups is 1. The summed E-state index contributed by atoms with van der Waals surface area (Å²) in [6, 6.07) is 0. The molecule has 0 saturated heterocycles. The molecule has 0 unspecified atom stereocenters. The maximum Gasteiger partial charge on any atom is 0.406 e. The van der Waals surface area contributed by atoms with Crippen LogP contribution in [0.4, 0.5) is 4.79 Å². The number of Topliss-reactive ketones (excluding diaryl/α,β-unsaturated/α-hetero) is 1. The third-order valence-corrected chi connectivity index (χ3v) is 4.24. The smallest absolute Gasteiger partial charge is 0.406 e. The molecule has 2 amide bonds. The van der Waals surface area contributed by atoms with Gasteiger partial charge in [-0.1, -0.05) is 5.16 Å². The minimum Gasteiger partial charge on any atom is -0.453 e. The van der Waals surface area contributed by atoms with Gasteiger partial charge in [-0.05, 0) is 0 Å². The quantitative estimate of drug-likeness (QED) is 0.611. The fraction of sp³-hybridized carbons (Fsp3) is 0.400. The molecular weight excluding hydrogens is 366 g/mol. The van der Waals surface area contributed by atoms with Crippen molar-refractivity contribution < 1.29 is 33.2 Å². The van der Waals surface area contributed by atoms with E-state index in [2.05, 4.69) is 20.5 Å². The number of nitrogens with one attached hydrogen (secondary N) is 2. The fourth-order valence-electron chi connectivity index (χ4n) is 2.03. The number of methoxy groups -OCH3 is 1. The van der Waals surface area contributed by atoms with Gasteiger partial charge < -0.3 is 24.6 Å². The first-order valence-corrected chi connectivity index (χ1v) is 8.53. The number of carbonyl (C=O) groups is 4. The number of ketones is 2. The molecule has 10 nitrogen and oxygen atoms in total. The maximum atomic E-state index is 12.5. The minimum atomic E-state index is -0.608. The van der Waals surface area contributed by atoms with Crippen molar-refractivity contribution in [3.05, 3.63) is 28.0 Å². The number of nitrogens with zero attached hydrogens (tertiary/aromatic N) is 1. The van der Waals surface area contributed by atoms with Crippen molar-refractivity contribution in [1.82, 2.24) is 15.8 Å². The zero-order valence-corrected chi connectivity index (χ0v) is 14.9. The van der Waals surface area contributed by atoms with E-state index < -0.39 is 23.6 Å². The Morgan fingerprint density at radius 2 is 2.08 bits per heavy atom. The Bertz CT molecular complexity index is 756. The number of carbonyl (C=O) groups excluding carboxylic acids is 4. The summed E-state index contributed by atoms with van der Waals surface area (Å²) in [7, 11) is 2.65. The van der Waals surface area contributed by atoms with E-state index in [1.165, 1.54) is 14.2 Å². The normalized spacial score (nSPS) is 13.1. The average Bonchev–Trinajstić information content (AvgIpc) is 3.09. The second kappa shape index (κ2) is 9.15. The molecule has 2 rings (SSSR count). The summed E-state index contributed by atoms with van der Waals surface area (Å²) in [6.07, 6.45) is 0.614. The molecule has 0 bridgehead atoms. The van der Waals surface area contributed by atoms with Gasteiger partial charge in [0.1, 0.15) is 5.56 Å². The fourth-order valence-corrected chi connectivity index (χ4v) is 2.88. The summed E-state index contributed by atoms with van der Waals surface area (Å²) in [5, 5.41) is 8.31. The summed E-state index contributed by atoms with van der Waals surface area (Å²) in [5.74, 6) is -1.45. The Morgan fingerprint density at radius 3 is 2.77 bits per heavy atom. The van der Waals surface area contributed by atoms with Gasteiger partial charge in [0.15, 0.2) is 5.69 Å². The van der Waals surface area contributed by atoms with Crippen molar-refractivity contribution in [2.24, 2.45) is 0 Å². The standard InChI is InChI=1S/C15H17N3O7S/c1-16-14(21)11-10-12(20)9(7-8(19)13(10)25-18-11)26-6-5-24-4-3-17-15(22)23-2/h7H,3-6H2,1-2H3,(H,16,21)(H,17,22). The molecule has 0 fully saturated rings. The lowest BCUT2D eigenvalue weighted by atomic mass is 10.00. The molecule has 0 saturated carbocycles. The van der Waals surface area contributed by atoms with E-state index >= 15 is 0 Å². The highest BCUT2D eigenvalue weighted by molar-refractivity contribution is 8.04. The lowest BCUT2D eigenvalue weighted by Crippen LogP contribution is -2.27. The first-order valence-electron chi connectivity index (χ1n) is 7.54. The van der Waals surface area contributed by atoms with Crippen molar-refractivity contribution in [3.8, 4) is 0 Å². The number of aromatic nitrogens is 1. The summed E-state index contributed by atoms with van der Waals surface area (Å²) >= 11 is 1.13. The molecule has 1 aromatic rings. The predicted octanol–water partition coefficient (Wildman–Crippen LogP) is 0.403. The van der Waals surface area contributed by atoms with Crippen LogP contribution in [0.25, 0.3) is 0 Å². The van der Waals surface area contributed by atoms with E-state index in [0.717, 1.165) is 17.8 Å². The second-order valence-corrected chi connectivity index (χ2v) is 6.03. The van der Waals surface area contributed by atoms with Gasteiger partial charge in [0.25, 0.3) is 5.91 Å². The zero-order valence-electron chi connectivity index (χ0n) is 14.1. The predicted molar refractivity (Wildman–Crippen MR) is 90.3 cm³/mol. The van der Waals surface area contributed by atoms with Crippen molar-refractivity contribution >= 4 is 35.3 Å². The molecule has 1 aromatic heterocycles. The highest BCUT2D eigenvalue weighted by Gasteiger charge is 2.35. The Labute approximate surface area is 152 Å². The largest absolute Gasteiger partial charge is 0.453 e. The monoisotopic (exact) mass is 383 g/mol. The highest BCUT2D eigenvalue weighted by Crippen LogP contribution is 2.30. The number of hydrogen-bond acceptors (Lipinski definition) is 9. The lowest BCUT2D eigenvalue weighted by Gasteiger charge is -2.11. The van der Waals surface area contributed by atoms with Gasteiger partial charge in [-0.3, -0.25) is 14.4 Å². The maximum absolute atomic E-state index is 12.5. The number of fused-ring (bicyclic) bond motifs is 1. The van der Waals surface area contributed by atoms with E-state index in [1.807, 2.05) is 0 Å². The number of alkyl carbamates (subject to hydrolysis) is 1. The molecule has 26 heavy (non-hydrogen) atoms. The van der Waals surface area contributed by atoms with Gasteiger partial charge in [0.05, 0.1) is 25.2 Å². The van der Waals surface area contributed by atoms with Crippen LogP contribution < -0.4 is 10.6 Å². The molecule has 11 heteroatoms. The van der Waals surface area contributed by atoms with Crippen LogP contribution in [0, 0.1) is 0 Å². The summed E-state index contributed by atoms with van der Waals surface area (Å²) in [5.41, 5.74) is -0.334. The van der Waals surface area contributed by atoms with Crippen molar-refractivity contribution in [3.63, 3.8) is 0 Å². The van der Waals surface area contributed by atoms with Crippen LogP contribution >= 0.6 is 11.8 Å². The Balaban J connectivity index is 1.87. The molecule has 1 aliphatic rings. The highest BCUT2D eigenvalue weighted by atomic mass is 32.2. The van der Waals surface area contributed by atoms with Crippen LogP contribution in [0.2, 0.25) is 0 Å². The third kappa shape index (κ3) is 4.49. The number of rotatable bonds is 8. The molecule has 0 aliphatic heterocycles. The Hall–Kier alpha value is -2.66. The summed E-state index contributed by atoms with van der Waals surface area (Å²) in [6.45, 7) is 0.861. The first-order chi connectivity index (χ1) is 12.5. The van der Waals surface area contributed by atoms with Gasteiger partial charge in [-0.25, -0.2) is 4.79 Å². The molecule has 140 valence electrons. The van der Waals surface area contributed by atoms with Gasteiger partial charge in [-0.2, -0.15) is 0 Å². The van der Waals surface area contributed by atoms with E-state index in [1.54, 1.807) is 0 Å². The molecule has 1 aliphatic carbocycles. The SMILES string of the molecule is CNC(=O)c1noc2c1C(=O)C(SCCOCCNC(=O)OC)=CC2=O. The summed E-state index contributed by atoms with van der Waals surface area (Å²) in [4.78, 5) is 47.3. The lowest BCUT2D eigenvalue weighted by molar-refractivity contribution is 0.0944. The number of amides is 2. The Kier molecular flexibility index (Phi) is 6.92. The number of allylic oxidation sites excluding steroid dienone is 2. The van der Waals surface area contributed by atoms with Crippen LogP contribution in [0.3, 0.4) is 0 Å². The van der Waals surface area contributed by atoms with Gasteiger partial charge in [-0.15, -0.1) is 11.8 Å². The average molecular weight is 383 g/mol. The van der Waals surface area contributed by atoms with Gasteiger partial charge in [0.2, 0.25) is 17.3 Å². The van der Waals surface area contributed by atoms with Crippen LogP contribution in [0.5, 0.6) is 0 Å². The zero-order chi connectivity index (χ0) is 19.1. The Morgan fingerprint density at radius 1 is 1.31 bits per heavy atom. The van der Waals surface area contributed by atoms with E-state index in [4.69, 9.17) is 9.26 Å². The van der Waals surface area contributed by atoms with Crippen molar-refractivity contribution in [2.45, 2.75) is 0 Å². The third-order valence-electron chi connectivity index (χ3n) is 3.26.